The van der Waals surface area contributed by atoms with Gasteiger partial charge in [-0.05, 0) is 25.1 Å². The first-order chi connectivity index (χ1) is 12.4. The number of rotatable bonds is 4. The Bertz CT molecular complexity index is 980. The Morgan fingerprint density at radius 3 is 2.62 bits per heavy atom. The van der Waals surface area contributed by atoms with Gasteiger partial charge in [-0.25, -0.2) is 4.39 Å². The summed E-state index contributed by atoms with van der Waals surface area (Å²) in [6.45, 7) is 1.82. The maximum Gasteiger partial charge on any atom is 0.259 e. The molecule has 0 aliphatic carbocycles. The minimum atomic E-state index is -0.424. The van der Waals surface area contributed by atoms with Gasteiger partial charge in [0.1, 0.15) is 5.82 Å². The predicted octanol–water partition coefficient (Wildman–Crippen LogP) is 3.02. The standard InChI is InChI=1S/C19H17FN4O2/c1-12-17(16-9-8-14(20)10-21-16)24(3)22-18(12)23(2)19(26)15-7-5-4-6-13(15)11-25/h4-11H,1-3H3. The molecule has 2 heterocycles. The Morgan fingerprint density at radius 1 is 1.23 bits per heavy atom. The predicted molar refractivity (Wildman–Crippen MR) is 95.7 cm³/mol. The van der Waals surface area contributed by atoms with Gasteiger partial charge >= 0.3 is 0 Å². The molecule has 1 amide bonds. The highest BCUT2D eigenvalue weighted by Gasteiger charge is 2.23. The van der Waals surface area contributed by atoms with Gasteiger partial charge in [-0.15, -0.1) is 0 Å². The van der Waals surface area contributed by atoms with E-state index in [1.165, 1.54) is 11.0 Å². The van der Waals surface area contributed by atoms with Gasteiger partial charge in [-0.3, -0.25) is 24.2 Å². The average molecular weight is 352 g/mol. The van der Waals surface area contributed by atoms with Gasteiger partial charge in [0.2, 0.25) is 0 Å². The van der Waals surface area contributed by atoms with E-state index in [0.717, 1.165) is 11.8 Å². The summed E-state index contributed by atoms with van der Waals surface area (Å²) in [6.07, 6.45) is 1.79. The number of hydrogen-bond acceptors (Lipinski definition) is 4. The number of aryl methyl sites for hydroxylation is 1. The molecule has 0 bridgehead atoms. The lowest BCUT2D eigenvalue weighted by molar-refractivity contribution is 0.0985. The number of halogens is 1. The van der Waals surface area contributed by atoms with Crippen LogP contribution in [0.4, 0.5) is 10.2 Å². The van der Waals surface area contributed by atoms with Crippen molar-refractivity contribution in [1.82, 2.24) is 14.8 Å². The molecule has 0 saturated heterocycles. The third-order valence-corrected chi connectivity index (χ3v) is 4.17. The molecule has 0 spiro atoms. The SMILES string of the molecule is Cc1c(N(C)C(=O)c2ccccc2C=O)nn(C)c1-c1ccc(F)cn1. The van der Waals surface area contributed by atoms with E-state index in [0.29, 0.717) is 34.6 Å². The molecular formula is C19H17FN4O2. The number of aldehydes is 1. The molecule has 0 aliphatic heterocycles. The first-order valence-corrected chi connectivity index (χ1v) is 7.91. The van der Waals surface area contributed by atoms with E-state index in [9.17, 15) is 14.0 Å². The van der Waals surface area contributed by atoms with E-state index in [4.69, 9.17) is 0 Å². The maximum absolute atomic E-state index is 13.1. The molecule has 0 radical (unpaired) electrons. The van der Waals surface area contributed by atoms with Crippen LogP contribution in [0.15, 0.2) is 42.6 Å². The Morgan fingerprint density at radius 2 is 1.96 bits per heavy atom. The van der Waals surface area contributed by atoms with E-state index in [1.807, 2.05) is 6.92 Å². The fourth-order valence-corrected chi connectivity index (χ4v) is 2.88. The molecule has 7 heteroatoms. The molecule has 3 rings (SSSR count). The minimum absolute atomic E-state index is 0.302. The van der Waals surface area contributed by atoms with Crippen LogP contribution in [0.5, 0.6) is 0 Å². The Labute approximate surface area is 149 Å². The lowest BCUT2D eigenvalue weighted by atomic mass is 10.1. The third kappa shape index (κ3) is 2.99. The summed E-state index contributed by atoms with van der Waals surface area (Å²) in [5.41, 5.74) is 2.59. The quantitative estimate of drug-likeness (QED) is 0.677. The van der Waals surface area contributed by atoms with Crippen molar-refractivity contribution in [2.24, 2.45) is 7.05 Å². The summed E-state index contributed by atoms with van der Waals surface area (Å²) in [7, 11) is 3.33. The highest BCUT2D eigenvalue weighted by molar-refractivity contribution is 6.10. The zero-order valence-electron chi connectivity index (χ0n) is 14.6. The van der Waals surface area contributed by atoms with Crippen molar-refractivity contribution in [3.63, 3.8) is 0 Å². The Balaban J connectivity index is 2.02. The molecule has 6 nitrogen and oxygen atoms in total. The fourth-order valence-electron chi connectivity index (χ4n) is 2.88. The molecule has 132 valence electrons. The second-order valence-electron chi connectivity index (χ2n) is 5.85. The number of hydrogen-bond donors (Lipinski definition) is 0. The van der Waals surface area contributed by atoms with Crippen LogP contribution in [0.3, 0.4) is 0 Å². The first kappa shape index (κ1) is 17.5. The molecule has 26 heavy (non-hydrogen) atoms. The van der Waals surface area contributed by atoms with E-state index in [1.54, 1.807) is 49.1 Å². The first-order valence-electron chi connectivity index (χ1n) is 7.91. The molecule has 3 aromatic rings. The van der Waals surface area contributed by atoms with Crippen LogP contribution in [0.2, 0.25) is 0 Å². The average Bonchev–Trinajstić information content (AvgIpc) is 2.95. The summed E-state index contributed by atoms with van der Waals surface area (Å²) in [5.74, 6) is -0.321. The van der Waals surface area contributed by atoms with Crippen LogP contribution in [0.1, 0.15) is 26.3 Å². The third-order valence-electron chi connectivity index (χ3n) is 4.17. The number of amides is 1. The van der Waals surface area contributed by atoms with Crippen molar-refractivity contribution in [3.05, 3.63) is 65.1 Å². The summed E-state index contributed by atoms with van der Waals surface area (Å²) in [5, 5.41) is 4.41. The number of carbonyl (C=O) groups excluding carboxylic acids is 2. The van der Waals surface area contributed by atoms with Gasteiger partial charge in [0, 0.05) is 25.2 Å². The van der Waals surface area contributed by atoms with Crippen molar-refractivity contribution < 1.29 is 14.0 Å². The van der Waals surface area contributed by atoms with E-state index in [2.05, 4.69) is 10.1 Å². The minimum Gasteiger partial charge on any atom is -0.298 e. The Hall–Kier alpha value is -3.35. The van der Waals surface area contributed by atoms with Crippen LogP contribution in [0, 0.1) is 12.7 Å². The number of aromatic nitrogens is 3. The van der Waals surface area contributed by atoms with Crippen LogP contribution in [-0.4, -0.2) is 34.0 Å². The van der Waals surface area contributed by atoms with Crippen molar-refractivity contribution in [2.75, 3.05) is 11.9 Å². The van der Waals surface area contributed by atoms with Crippen LogP contribution in [-0.2, 0) is 7.05 Å². The van der Waals surface area contributed by atoms with Crippen LogP contribution < -0.4 is 4.90 Å². The van der Waals surface area contributed by atoms with E-state index < -0.39 is 5.82 Å². The monoisotopic (exact) mass is 352 g/mol. The lowest BCUT2D eigenvalue weighted by Crippen LogP contribution is -2.28. The molecule has 0 N–H and O–H groups in total. The van der Waals surface area contributed by atoms with Gasteiger partial charge in [-0.2, -0.15) is 5.10 Å². The largest absolute Gasteiger partial charge is 0.298 e. The molecule has 0 unspecified atom stereocenters. The number of carbonyl (C=O) groups is 2. The fraction of sp³-hybridized carbons (Fsp3) is 0.158. The zero-order chi connectivity index (χ0) is 18.8. The number of nitrogens with zero attached hydrogens (tertiary/aromatic N) is 4. The molecular weight excluding hydrogens is 335 g/mol. The summed E-state index contributed by atoms with van der Waals surface area (Å²) >= 11 is 0. The van der Waals surface area contributed by atoms with Gasteiger partial charge in [0.05, 0.1) is 23.1 Å². The van der Waals surface area contributed by atoms with E-state index in [-0.39, 0.29) is 5.91 Å². The molecule has 0 saturated carbocycles. The number of anilines is 1. The van der Waals surface area contributed by atoms with Gasteiger partial charge < -0.3 is 0 Å². The molecule has 0 aliphatic rings. The number of benzene rings is 1. The van der Waals surface area contributed by atoms with E-state index >= 15 is 0 Å². The summed E-state index contributed by atoms with van der Waals surface area (Å²) < 4.78 is 14.7. The smallest absolute Gasteiger partial charge is 0.259 e. The van der Waals surface area contributed by atoms with Crippen LogP contribution in [0.25, 0.3) is 11.4 Å². The van der Waals surface area contributed by atoms with Gasteiger partial charge in [-0.1, -0.05) is 18.2 Å². The second-order valence-corrected chi connectivity index (χ2v) is 5.85. The van der Waals surface area contributed by atoms with Gasteiger partial charge in [0.15, 0.2) is 12.1 Å². The number of pyridine rings is 1. The van der Waals surface area contributed by atoms with Crippen molar-refractivity contribution >= 4 is 18.0 Å². The Kier molecular flexibility index (Phi) is 4.62. The van der Waals surface area contributed by atoms with Crippen molar-refractivity contribution in [2.45, 2.75) is 6.92 Å². The molecule has 0 atom stereocenters. The lowest BCUT2D eigenvalue weighted by Gasteiger charge is -2.16. The topological polar surface area (TPSA) is 68.1 Å². The summed E-state index contributed by atoms with van der Waals surface area (Å²) in [4.78, 5) is 29.5. The van der Waals surface area contributed by atoms with Crippen LogP contribution >= 0.6 is 0 Å². The van der Waals surface area contributed by atoms with Gasteiger partial charge in [0.25, 0.3) is 5.91 Å². The summed E-state index contributed by atoms with van der Waals surface area (Å²) in [6, 6.07) is 9.48. The maximum atomic E-state index is 13.1. The highest BCUT2D eigenvalue weighted by atomic mass is 19.1. The second kappa shape index (κ2) is 6.87. The normalized spacial score (nSPS) is 10.6. The zero-order valence-corrected chi connectivity index (χ0v) is 14.6. The van der Waals surface area contributed by atoms with Crippen molar-refractivity contribution in [1.29, 1.82) is 0 Å². The molecule has 2 aromatic heterocycles. The van der Waals surface area contributed by atoms with Crippen molar-refractivity contribution in [3.8, 4) is 11.4 Å². The molecule has 1 aromatic carbocycles. The highest BCUT2D eigenvalue weighted by Crippen LogP contribution is 2.29. The molecule has 0 fully saturated rings.